The summed E-state index contributed by atoms with van der Waals surface area (Å²) in [7, 11) is 3.24. The van der Waals surface area contributed by atoms with E-state index in [2.05, 4.69) is 10.2 Å². The number of rotatable bonds is 13. The van der Waals surface area contributed by atoms with Crippen molar-refractivity contribution in [2.45, 2.75) is 76.0 Å². The van der Waals surface area contributed by atoms with E-state index in [0.717, 1.165) is 22.9 Å². The van der Waals surface area contributed by atoms with E-state index in [0.29, 0.717) is 64.0 Å². The summed E-state index contributed by atoms with van der Waals surface area (Å²) in [5.41, 5.74) is 0.689. The number of benzene rings is 2. The van der Waals surface area contributed by atoms with Gasteiger partial charge >= 0.3 is 5.97 Å². The van der Waals surface area contributed by atoms with Gasteiger partial charge in [0.25, 0.3) is 5.91 Å². The van der Waals surface area contributed by atoms with Gasteiger partial charge in [-0.2, -0.15) is 0 Å². The molecule has 0 spiro atoms. The Morgan fingerprint density at radius 2 is 1.68 bits per heavy atom. The van der Waals surface area contributed by atoms with Crippen LogP contribution in [-0.4, -0.2) is 98.6 Å². The molecular formula is C37H45ClFN3O7S. The van der Waals surface area contributed by atoms with E-state index in [4.69, 9.17) is 30.5 Å². The number of likely N-dealkylation sites (tertiary alicyclic amines) is 2. The number of thiophene rings is 1. The highest BCUT2D eigenvalue weighted by molar-refractivity contribution is 7.17. The number of hydrogen-bond donors (Lipinski definition) is 1. The van der Waals surface area contributed by atoms with Crippen molar-refractivity contribution in [3.05, 3.63) is 63.7 Å². The van der Waals surface area contributed by atoms with Crippen LogP contribution in [0.5, 0.6) is 0 Å². The first-order valence-corrected chi connectivity index (χ1v) is 18.6. The molecule has 1 N–H and O–H groups in total. The van der Waals surface area contributed by atoms with E-state index in [1.54, 1.807) is 26.5 Å². The molecule has 2 saturated heterocycles. The summed E-state index contributed by atoms with van der Waals surface area (Å²) < 4.78 is 40.7. The number of nitrogens with one attached hydrogen (secondary N) is 1. The number of esters is 1. The molecule has 3 atom stereocenters. The minimum atomic E-state index is -1.52. The molecule has 3 heterocycles. The fourth-order valence-corrected chi connectivity index (χ4v) is 8.77. The van der Waals surface area contributed by atoms with Gasteiger partial charge < -0.3 is 24.3 Å². The second kappa shape index (κ2) is 16.1. The number of ether oxygens (including phenoxy) is 4. The van der Waals surface area contributed by atoms with Crippen LogP contribution in [0.2, 0.25) is 5.02 Å². The first kappa shape index (κ1) is 36.8. The predicted molar refractivity (Wildman–Crippen MR) is 190 cm³/mol. The summed E-state index contributed by atoms with van der Waals surface area (Å²) in [4.78, 5) is 44.6. The molecule has 1 amide bonds. The number of fused-ring (bicyclic) bond motifs is 1. The lowest BCUT2D eigenvalue weighted by molar-refractivity contribution is -0.254. The minimum Gasteiger partial charge on any atom is -0.466 e. The van der Waals surface area contributed by atoms with E-state index in [9.17, 15) is 14.4 Å². The second-order valence-corrected chi connectivity index (χ2v) is 14.5. The van der Waals surface area contributed by atoms with Gasteiger partial charge in [-0.25, -0.2) is 4.39 Å². The van der Waals surface area contributed by atoms with E-state index in [1.165, 1.54) is 23.5 Å². The van der Waals surface area contributed by atoms with Crippen molar-refractivity contribution < 1.29 is 37.7 Å². The monoisotopic (exact) mass is 729 g/mol. The number of Topliss-reactive ketones (excluding diaryl/α,β-unsaturated/α-hetero) is 1. The molecule has 1 aromatic heterocycles. The van der Waals surface area contributed by atoms with Gasteiger partial charge in [0.1, 0.15) is 5.82 Å². The van der Waals surface area contributed by atoms with Crippen LogP contribution < -0.4 is 5.32 Å². The molecule has 50 heavy (non-hydrogen) atoms. The Morgan fingerprint density at radius 3 is 2.34 bits per heavy atom. The number of hydrogen-bond acceptors (Lipinski definition) is 10. The number of carbonyl (C=O) groups excluding carboxylic acids is 3. The van der Waals surface area contributed by atoms with Crippen LogP contribution in [-0.2, 0) is 35.0 Å². The largest absolute Gasteiger partial charge is 0.466 e. The zero-order valence-electron chi connectivity index (χ0n) is 28.8. The number of ketones is 1. The molecule has 2 aromatic carbocycles. The average Bonchev–Trinajstić information content (AvgIpc) is 3.90. The van der Waals surface area contributed by atoms with Crippen molar-refractivity contribution in [1.29, 1.82) is 0 Å². The van der Waals surface area contributed by atoms with Crippen molar-refractivity contribution in [2.24, 2.45) is 5.92 Å². The number of anilines is 1. The van der Waals surface area contributed by atoms with E-state index >= 15 is 4.39 Å². The molecule has 13 heteroatoms. The van der Waals surface area contributed by atoms with Gasteiger partial charge in [-0.3, -0.25) is 24.2 Å². The lowest BCUT2D eigenvalue weighted by Crippen LogP contribution is -2.67. The number of methoxy groups -OCH3 is 2. The highest BCUT2D eigenvalue weighted by Gasteiger charge is 2.56. The van der Waals surface area contributed by atoms with Crippen molar-refractivity contribution in [2.75, 3.05) is 52.3 Å². The van der Waals surface area contributed by atoms with E-state index in [-0.39, 0.29) is 58.7 Å². The number of carbonyl (C=O) groups is 3. The van der Waals surface area contributed by atoms with Gasteiger partial charge in [-0.15, -0.1) is 11.3 Å². The number of halogens is 2. The molecule has 3 aromatic rings. The van der Waals surface area contributed by atoms with Crippen LogP contribution in [0.25, 0.3) is 10.1 Å². The number of nitrogens with zero attached hydrogens (tertiary/aromatic N) is 2. The Bertz CT molecular complexity index is 1680. The smallest absolute Gasteiger partial charge is 0.308 e. The third-order valence-electron chi connectivity index (χ3n) is 10.2. The topological polar surface area (TPSA) is 107 Å². The van der Waals surface area contributed by atoms with Crippen LogP contribution in [0.4, 0.5) is 10.1 Å². The molecule has 1 saturated carbocycles. The van der Waals surface area contributed by atoms with Crippen molar-refractivity contribution in [3.8, 4) is 0 Å². The summed E-state index contributed by atoms with van der Waals surface area (Å²) in [5, 5.41) is 5.43. The molecule has 1 aliphatic carbocycles. The van der Waals surface area contributed by atoms with Gasteiger partial charge in [0.2, 0.25) is 5.85 Å². The highest BCUT2D eigenvalue weighted by Crippen LogP contribution is 2.39. The Balaban J connectivity index is 1.28. The van der Waals surface area contributed by atoms with Gasteiger partial charge in [-0.1, -0.05) is 29.8 Å². The van der Waals surface area contributed by atoms with Gasteiger partial charge in [-0.05, 0) is 69.2 Å². The third kappa shape index (κ3) is 7.48. The van der Waals surface area contributed by atoms with Gasteiger partial charge in [0, 0.05) is 62.3 Å². The predicted octanol–water partition coefficient (Wildman–Crippen LogP) is 6.29. The van der Waals surface area contributed by atoms with Crippen LogP contribution >= 0.6 is 22.9 Å². The van der Waals surface area contributed by atoms with Crippen molar-refractivity contribution in [1.82, 2.24) is 9.80 Å². The Hall–Kier alpha value is -2.97. The summed E-state index contributed by atoms with van der Waals surface area (Å²) >= 11 is 8.11. The lowest BCUT2D eigenvalue weighted by atomic mass is 9.87. The molecule has 3 aliphatic rings. The summed E-state index contributed by atoms with van der Waals surface area (Å²) in [5.74, 6) is -3.31. The van der Waals surface area contributed by atoms with Gasteiger partial charge in [0.05, 0.1) is 47.1 Å². The zero-order chi connectivity index (χ0) is 35.4. The van der Waals surface area contributed by atoms with Gasteiger partial charge in [0.15, 0.2) is 5.78 Å². The first-order valence-electron chi connectivity index (χ1n) is 17.4. The standard InChI is InChI=1S/C37H45ClFN3O7S/c1-4-48-36(45)23-11-13-25(14-12-23)49-37(41-15-7-8-16-41,42-20-31(46-2)32(21-42)47-3)34(43)18-24-17-28(38)30(19-29(24)39)40-35(44)27-22-50-33-10-6-5-9-26(27)33/h5-6,9-10,17,19,22-23,25,31-32H,4,7-8,11-16,18,20-21H2,1-3H3,(H,40,44)/t23?,25?,31-,32-,37?/m0/s1. The molecule has 0 radical (unpaired) electrons. The molecule has 6 rings (SSSR count). The molecule has 270 valence electrons. The van der Waals surface area contributed by atoms with E-state index < -0.39 is 17.6 Å². The maximum atomic E-state index is 15.9. The van der Waals surface area contributed by atoms with Crippen LogP contribution in [0.1, 0.15) is 61.4 Å². The molecule has 2 aliphatic heterocycles. The minimum absolute atomic E-state index is 0.1000. The molecule has 1 unspecified atom stereocenters. The zero-order valence-corrected chi connectivity index (χ0v) is 30.3. The number of amides is 1. The Kier molecular flexibility index (Phi) is 11.9. The molecule has 10 nitrogen and oxygen atoms in total. The summed E-state index contributed by atoms with van der Waals surface area (Å²) in [6.07, 6.45) is 2.91. The molecule has 0 bridgehead atoms. The van der Waals surface area contributed by atoms with Crippen molar-refractivity contribution in [3.63, 3.8) is 0 Å². The SMILES string of the molecule is CCOC(=O)C1CCC(OC(C(=O)Cc2cc(Cl)c(NC(=O)c3csc4ccccc34)cc2F)(N2CCCC2)N2C[C@H](OC)[C@@H](OC)C2)CC1. The molecule has 3 fully saturated rings. The van der Waals surface area contributed by atoms with Crippen LogP contribution in [0.3, 0.4) is 0 Å². The maximum absolute atomic E-state index is 15.9. The summed E-state index contributed by atoms with van der Waals surface area (Å²) in [6.45, 7) is 4.13. The fraction of sp³-hybridized carbons (Fsp3) is 0.541. The quantitative estimate of drug-likeness (QED) is 0.203. The average molecular weight is 730 g/mol. The molecular weight excluding hydrogens is 685 g/mol. The Labute approximate surface area is 301 Å². The normalized spacial score (nSPS) is 24.3. The van der Waals surface area contributed by atoms with E-state index in [1.807, 2.05) is 29.2 Å². The summed E-state index contributed by atoms with van der Waals surface area (Å²) in [6, 6.07) is 10.1. The van der Waals surface area contributed by atoms with Crippen molar-refractivity contribution >= 4 is 56.4 Å². The maximum Gasteiger partial charge on any atom is 0.308 e. The first-order chi connectivity index (χ1) is 24.2. The third-order valence-corrected chi connectivity index (χ3v) is 11.5. The lowest BCUT2D eigenvalue weighted by Gasteiger charge is -2.48. The Morgan fingerprint density at radius 1 is 1.00 bits per heavy atom. The van der Waals surface area contributed by atoms with Crippen LogP contribution in [0.15, 0.2) is 41.8 Å². The highest BCUT2D eigenvalue weighted by atomic mass is 35.5. The second-order valence-electron chi connectivity index (χ2n) is 13.2. The fourth-order valence-electron chi connectivity index (χ4n) is 7.59. The van der Waals surface area contributed by atoms with Crippen LogP contribution in [0, 0.1) is 11.7 Å².